The number of rotatable bonds is 2. The molecule has 0 unspecified atom stereocenters. The van der Waals surface area contributed by atoms with E-state index in [1.54, 1.807) is 14.2 Å². The minimum Gasteiger partial charge on any atom is -0.400 e. The first-order valence-electron chi connectivity index (χ1n) is 2.31. The van der Waals surface area contributed by atoms with Gasteiger partial charge < -0.3 is 14.0 Å². The summed E-state index contributed by atoms with van der Waals surface area (Å²) in [5.41, 5.74) is 0. The molecule has 0 bridgehead atoms. The van der Waals surface area contributed by atoms with Crippen LogP contribution < -0.4 is 0 Å². The van der Waals surface area contributed by atoms with E-state index in [1.165, 1.54) is 0 Å². The van der Waals surface area contributed by atoms with E-state index in [-0.39, 0.29) is 0 Å². The van der Waals surface area contributed by atoms with Gasteiger partial charge in [0.05, 0.1) is 0 Å². The van der Waals surface area contributed by atoms with E-state index in [2.05, 4.69) is 0 Å². The molecule has 0 aromatic rings. The minimum absolute atomic E-state index is 1.00. The number of hydrogen-bond acceptors (Lipinski definition) is 3. The Labute approximate surface area is 52.1 Å². The molecule has 0 amide bonds. The Bertz CT molecular complexity index is 30.5. The molecule has 3 nitrogen and oxygen atoms in total. The fourth-order valence-corrected chi connectivity index (χ4v) is 0.289. The van der Waals surface area contributed by atoms with Gasteiger partial charge >= 0.3 is 9.28 Å². The van der Waals surface area contributed by atoms with Gasteiger partial charge in [0.15, 0.2) is 0 Å². The van der Waals surface area contributed by atoms with Crippen molar-refractivity contribution in [1.82, 2.24) is 0 Å². The highest BCUT2D eigenvalue weighted by Gasteiger charge is 1.94. The minimum atomic E-state index is -1.16. The second kappa shape index (κ2) is 10.2. The second-order valence-electron chi connectivity index (χ2n) is 1.04. The summed E-state index contributed by atoms with van der Waals surface area (Å²) in [6.07, 6.45) is 0. The van der Waals surface area contributed by atoms with E-state index in [0.29, 0.717) is 0 Å². The Hall–Kier alpha value is 0.0969. The maximum atomic E-state index is 7.00. The summed E-state index contributed by atoms with van der Waals surface area (Å²) in [5.74, 6) is 0. The van der Waals surface area contributed by atoms with Crippen LogP contribution in [0.15, 0.2) is 0 Å². The molecule has 0 aliphatic rings. The molecule has 1 N–H and O–H groups in total. The molecule has 0 aromatic carbocycles. The third-order valence-electron chi connectivity index (χ3n) is 0.664. The summed E-state index contributed by atoms with van der Waals surface area (Å²) >= 11 is 0. The predicted molar refractivity (Wildman–Crippen MR) is 35.2 cm³/mol. The number of aliphatic hydroxyl groups is 1. The molecule has 0 fully saturated rings. The highest BCUT2D eigenvalue weighted by atomic mass is 28.3. The molecule has 0 heterocycles. The van der Waals surface area contributed by atoms with Gasteiger partial charge in [-0.2, -0.15) is 0 Å². The summed E-state index contributed by atoms with van der Waals surface area (Å²) in [6, 6.07) is 0. The van der Waals surface area contributed by atoms with Gasteiger partial charge in [-0.3, -0.25) is 0 Å². The highest BCUT2D eigenvalue weighted by molar-refractivity contribution is 6.42. The summed E-state index contributed by atoms with van der Waals surface area (Å²) in [7, 11) is 3.17. The topological polar surface area (TPSA) is 38.7 Å². The molecule has 52 valence electrons. The Morgan fingerprint density at radius 2 is 1.38 bits per heavy atom. The smallest absolute Gasteiger partial charge is 0.317 e. The van der Waals surface area contributed by atoms with Crippen LogP contribution in [0.1, 0.15) is 0 Å². The van der Waals surface area contributed by atoms with Gasteiger partial charge in [0.25, 0.3) is 0 Å². The van der Waals surface area contributed by atoms with Gasteiger partial charge in [-0.25, -0.2) is 0 Å². The molecule has 0 spiro atoms. The Kier molecular flexibility index (Phi) is 13.9. The van der Waals surface area contributed by atoms with Crippen molar-refractivity contribution in [3.63, 3.8) is 0 Å². The van der Waals surface area contributed by atoms with Gasteiger partial charge in [0.2, 0.25) is 0 Å². The van der Waals surface area contributed by atoms with E-state index < -0.39 is 9.28 Å². The Morgan fingerprint density at radius 3 is 1.38 bits per heavy atom. The zero-order chi connectivity index (χ0) is 6.99. The predicted octanol–water partition coefficient (Wildman–Crippen LogP) is -0.262. The lowest BCUT2D eigenvalue weighted by Gasteiger charge is -2.00. The largest absolute Gasteiger partial charge is 0.400 e. The molecule has 0 saturated carbocycles. The van der Waals surface area contributed by atoms with Crippen molar-refractivity contribution in [2.24, 2.45) is 0 Å². The molecule has 4 heteroatoms. The first kappa shape index (κ1) is 11.0. The first-order chi connectivity index (χ1) is 3.81. The third kappa shape index (κ3) is 9.44. The lowest BCUT2D eigenvalue weighted by Crippen LogP contribution is -2.12. The summed E-state index contributed by atoms with van der Waals surface area (Å²) in [6.45, 7) is 1.97. The van der Waals surface area contributed by atoms with E-state index in [0.717, 1.165) is 7.11 Å². The third-order valence-corrected chi connectivity index (χ3v) is 1.99. The molecule has 0 rings (SSSR count). The summed E-state index contributed by atoms with van der Waals surface area (Å²) in [5, 5.41) is 7.00. The summed E-state index contributed by atoms with van der Waals surface area (Å²) in [4.78, 5) is 0. The van der Waals surface area contributed by atoms with Crippen LogP contribution in [0, 0.1) is 0 Å². The van der Waals surface area contributed by atoms with Gasteiger partial charge in [-0.05, 0) is 6.55 Å². The van der Waals surface area contributed by atoms with Crippen molar-refractivity contribution < 1.29 is 14.0 Å². The summed E-state index contributed by atoms with van der Waals surface area (Å²) < 4.78 is 9.63. The number of hydrogen-bond donors (Lipinski definition) is 1. The highest BCUT2D eigenvalue weighted by Crippen LogP contribution is 1.77. The quantitative estimate of drug-likeness (QED) is 0.534. The van der Waals surface area contributed by atoms with Crippen LogP contribution in [0.2, 0.25) is 6.55 Å². The molecule has 0 atom stereocenters. The van der Waals surface area contributed by atoms with Crippen LogP contribution in [0.4, 0.5) is 0 Å². The van der Waals surface area contributed by atoms with Crippen molar-refractivity contribution in [2.75, 3.05) is 21.3 Å². The Balaban J connectivity index is 0. The zero-order valence-electron chi connectivity index (χ0n) is 5.84. The lowest BCUT2D eigenvalue weighted by atomic mass is 11.8. The fraction of sp³-hybridized carbons (Fsp3) is 1.00. The van der Waals surface area contributed by atoms with Crippen molar-refractivity contribution in [3.8, 4) is 0 Å². The van der Waals surface area contributed by atoms with Crippen LogP contribution in [-0.4, -0.2) is 35.7 Å². The van der Waals surface area contributed by atoms with Crippen LogP contribution in [0.25, 0.3) is 0 Å². The molecular formula is C4H14O3Si. The first-order valence-corrected chi connectivity index (χ1v) is 4.41. The van der Waals surface area contributed by atoms with Crippen LogP contribution in [0.5, 0.6) is 0 Å². The van der Waals surface area contributed by atoms with Crippen LogP contribution >= 0.6 is 0 Å². The average molecular weight is 138 g/mol. The van der Waals surface area contributed by atoms with Gasteiger partial charge in [0, 0.05) is 21.3 Å². The second-order valence-corrected chi connectivity index (χ2v) is 3.12. The van der Waals surface area contributed by atoms with E-state index in [4.69, 9.17) is 14.0 Å². The van der Waals surface area contributed by atoms with E-state index in [1.807, 2.05) is 6.55 Å². The standard InChI is InChI=1S/C3H10O2Si.CH4O/c1-4-6(3)5-2;1-2/h6H,1-3H3;2H,1H3. The average Bonchev–Trinajstić information content (AvgIpc) is 1.91. The monoisotopic (exact) mass is 138 g/mol. The van der Waals surface area contributed by atoms with E-state index in [9.17, 15) is 0 Å². The van der Waals surface area contributed by atoms with Gasteiger partial charge in [-0.1, -0.05) is 0 Å². The number of aliphatic hydroxyl groups excluding tert-OH is 1. The van der Waals surface area contributed by atoms with Crippen molar-refractivity contribution >= 4 is 9.28 Å². The molecule has 0 aliphatic heterocycles. The normalized spacial score (nSPS) is 8.25. The van der Waals surface area contributed by atoms with Crippen LogP contribution in [0.3, 0.4) is 0 Å². The van der Waals surface area contributed by atoms with Crippen molar-refractivity contribution in [1.29, 1.82) is 0 Å². The van der Waals surface area contributed by atoms with Gasteiger partial charge in [0.1, 0.15) is 0 Å². The maximum absolute atomic E-state index is 7.00. The SMILES string of the molecule is CO.CO[SiH](C)OC. The molecule has 0 aliphatic carbocycles. The molecule has 0 aromatic heterocycles. The molecule has 8 heavy (non-hydrogen) atoms. The molecule has 0 radical (unpaired) electrons. The zero-order valence-corrected chi connectivity index (χ0v) is 7.00. The fourth-order valence-electron chi connectivity index (χ4n) is 0.0962. The molecule has 0 saturated heterocycles. The van der Waals surface area contributed by atoms with Crippen molar-refractivity contribution in [3.05, 3.63) is 0 Å². The Morgan fingerprint density at radius 1 is 1.12 bits per heavy atom. The lowest BCUT2D eigenvalue weighted by molar-refractivity contribution is 0.285. The van der Waals surface area contributed by atoms with Gasteiger partial charge in [-0.15, -0.1) is 0 Å². The van der Waals surface area contributed by atoms with Crippen LogP contribution in [-0.2, 0) is 8.85 Å². The molecular weight excluding hydrogens is 124 g/mol. The van der Waals surface area contributed by atoms with E-state index >= 15 is 0 Å². The maximum Gasteiger partial charge on any atom is 0.317 e. The van der Waals surface area contributed by atoms with Crippen molar-refractivity contribution in [2.45, 2.75) is 6.55 Å².